The Bertz CT molecular complexity index is 644. The van der Waals surface area contributed by atoms with E-state index < -0.39 is 0 Å². The lowest BCUT2D eigenvalue weighted by molar-refractivity contribution is -0.139. The zero-order valence-corrected chi connectivity index (χ0v) is 13.5. The second kappa shape index (κ2) is 8.08. The number of carbonyl (C=O) groups is 2. The van der Waals surface area contributed by atoms with Gasteiger partial charge >= 0.3 is 0 Å². The van der Waals surface area contributed by atoms with Crippen LogP contribution in [0.25, 0.3) is 0 Å². The molecule has 1 aromatic heterocycles. The van der Waals surface area contributed by atoms with E-state index in [1.54, 1.807) is 29.2 Å². The van der Waals surface area contributed by atoms with Crippen molar-refractivity contribution in [1.29, 1.82) is 0 Å². The first-order chi connectivity index (χ1) is 11.1. The number of hydrogen-bond donors (Lipinski definition) is 0. The first kappa shape index (κ1) is 16.7. The van der Waals surface area contributed by atoms with Crippen molar-refractivity contribution in [3.63, 3.8) is 0 Å². The molecule has 1 heterocycles. The molecule has 2 rings (SSSR count). The van der Waals surface area contributed by atoms with Crippen LogP contribution in [0.15, 0.2) is 54.9 Å². The van der Waals surface area contributed by atoms with Crippen molar-refractivity contribution in [3.05, 3.63) is 66.0 Å². The molecule has 0 bridgehead atoms. The van der Waals surface area contributed by atoms with Crippen LogP contribution in [-0.2, 0) is 22.7 Å². The molecule has 5 heteroatoms. The molecule has 23 heavy (non-hydrogen) atoms. The molecule has 0 N–H and O–H groups in total. The molecule has 0 saturated heterocycles. The summed E-state index contributed by atoms with van der Waals surface area (Å²) in [5.41, 5.74) is 2.01. The van der Waals surface area contributed by atoms with Gasteiger partial charge in [-0.15, -0.1) is 0 Å². The summed E-state index contributed by atoms with van der Waals surface area (Å²) in [6.45, 7) is 2.48. The van der Waals surface area contributed by atoms with Gasteiger partial charge in [0.05, 0.1) is 0 Å². The summed E-state index contributed by atoms with van der Waals surface area (Å²) in [6, 6.07) is 13.5. The number of rotatable bonds is 6. The van der Waals surface area contributed by atoms with E-state index >= 15 is 0 Å². The first-order valence-corrected chi connectivity index (χ1v) is 7.48. The number of benzene rings is 1. The van der Waals surface area contributed by atoms with Crippen molar-refractivity contribution in [2.45, 2.75) is 20.0 Å². The summed E-state index contributed by atoms with van der Waals surface area (Å²) in [6.07, 6.45) is 3.36. The van der Waals surface area contributed by atoms with Crippen LogP contribution < -0.4 is 0 Å². The van der Waals surface area contributed by atoms with Gasteiger partial charge in [0, 0.05) is 39.5 Å². The quantitative estimate of drug-likeness (QED) is 0.821. The molecule has 0 fully saturated rings. The van der Waals surface area contributed by atoms with Gasteiger partial charge < -0.3 is 9.80 Å². The normalized spacial score (nSPS) is 10.2. The molecule has 0 aliphatic rings. The molecule has 1 aromatic carbocycles. The van der Waals surface area contributed by atoms with Crippen LogP contribution in [-0.4, -0.2) is 40.2 Å². The minimum atomic E-state index is -0.122. The Hall–Kier alpha value is -2.69. The Morgan fingerprint density at radius 3 is 2.17 bits per heavy atom. The van der Waals surface area contributed by atoms with E-state index in [1.807, 2.05) is 42.5 Å². The van der Waals surface area contributed by atoms with Crippen molar-refractivity contribution < 1.29 is 9.59 Å². The van der Waals surface area contributed by atoms with Crippen LogP contribution in [0.4, 0.5) is 0 Å². The van der Waals surface area contributed by atoms with E-state index in [0.29, 0.717) is 13.1 Å². The van der Waals surface area contributed by atoms with Crippen molar-refractivity contribution in [2.75, 3.05) is 13.6 Å². The average molecular weight is 311 g/mol. The fourth-order valence-electron chi connectivity index (χ4n) is 2.22. The van der Waals surface area contributed by atoms with E-state index in [0.717, 1.165) is 11.1 Å². The zero-order chi connectivity index (χ0) is 16.7. The minimum absolute atomic E-state index is 0.0704. The highest BCUT2D eigenvalue weighted by molar-refractivity contribution is 5.83. The molecule has 0 saturated carbocycles. The fraction of sp³-hybridized carbons (Fsp3) is 0.278. The highest BCUT2D eigenvalue weighted by atomic mass is 16.2. The van der Waals surface area contributed by atoms with Crippen LogP contribution in [0.3, 0.4) is 0 Å². The van der Waals surface area contributed by atoms with Gasteiger partial charge in [-0.2, -0.15) is 0 Å². The first-order valence-electron chi connectivity index (χ1n) is 7.48. The Labute approximate surface area is 136 Å². The zero-order valence-electron chi connectivity index (χ0n) is 13.5. The molecule has 0 atom stereocenters. The van der Waals surface area contributed by atoms with Crippen LogP contribution in [0.1, 0.15) is 18.1 Å². The minimum Gasteiger partial charge on any atom is -0.340 e. The average Bonchev–Trinajstić information content (AvgIpc) is 2.56. The summed E-state index contributed by atoms with van der Waals surface area (Å²) < 4.78 is 0. The molecular weight excluding hydrogens is 290 g/mol. The molecule has 0 radical (unpaired) electrons. The second-order valence-corrected chi connectivity index (χ2v) is 5.47. The monoisotopic (exact) mass is 311 g/mol. The molecule has 0 unspecified atom stereocenters. The number of hydrogen-bond acceptors (Lipinski definition) is 3. The van der Waals surface area contributed by atoms with Crippen LogP contribution in [0.2, 0.25) is 0 Å². The summed E-state index contributed by atoms with van der Waals surface area (Å²) in [4.78, 5) is 31.3. The molecule has 0 aliphatic carbocycles. The Kier molecular flexibility index (Phi) is 5.86. The number of nitrogens with zero attached hydrogens (tertiary/aromatic N) is 3. The van der Waals surface area contributed by atoms with E-state index in [1.165, 1.54) is 6.92 Å². The van der Waals surface area contributed by atoms with Gasteiger partial charge in [0.2, 0.25) is 11.8 Å². The van der Waals surface area contributed by atoms with E-state index in [4.69, 9.17) is 0 Å². The smallest absolute Gasteiger partial charge is 0.242 e. The predicted octanol–water partition coefficient (Wildman–Crippen LogP) is 2.09. The Balaban J connectivity index is 1.96. The SMILES string of the molecule is CC(=O)N(CC(=O)N(C)Cc1ccccc1)Cc1ccncc1. The van der Waals surface area contributed by atoms with Crippen LogP contribution >= 0.6 is 0 Å². The molecule has 2 aromatic rings. The Morgan fingerprint density at radius 2 is 1.57 bits per heavy atom. The molecule has 2 amide bonds. The lowest BCUT2D eigenvalue weighted by atomic mass is 10.2. The molecule has 120 valence electrons. The second-order valence-electron chi connectivity index (χ2n) is 5.47. The van der Waals surface area contributed by atoms with Crippen molar-refractivity contribution in [1.82, 2.24) is 14.8 Å². The van der Waals surface area contributed by atoms with Crippen LogP contribution in [0, 0.1) is 0 Å². The fourth-order valence-corrected chi connectivity index (χ4v) is 2.22. The summed E-state index contributed by atoms with van der Waals surface area (Å²) in [5.74, 6) is -0.207. The van der Waals surface area contributed by atoms with Gasteiger partial charge in [0.1, 0.15) is 6.54 Å². The van der Waals surface area contributed by atoms with Crippen molar-refractivity contribution >= 4 is 11.8 Å². The van der Waals surface area contributed by atoms with Gasteiger partial charge in [-0.1, -0.05) is 30.3 Å². The van der Waals surface area contributed by atoms with Gasteiger partial charge in [-0.25, -0.2) is 0 Å². The molecule has 0 spiro atoms. The number of aromatic nitrogens is 1. The summed E-state index contributed by atoms with van der Waals surface area (Å²) in [7, 11) is 1.75. The highest BCUT2D eigenvalue weighted by Crippen LogP contribution is 2.07. The third-order valence-corrected chi connectivity index (χ3v) is 3.58. The Morgan fingerprint density at radius 1 is 0.957 bits per heavy atom. The van der Waals surface area contributed by atoms with Gasteiger partial charge in [0.25, 0.3) is 0 Å². The molecular formula is C18H21N3O2. The summed E-state index contributed by atoms with van der Waals surface area (Å²) >= 11 is 0. The van der Waals surface area contributed by atoms with Gasteiger partial charge in [0.15, 0.2) is 0 Å². The van der Waals surface area contributed by atoms with Crippen LogP contribution in [0.5, 0.6) is 0 Å². The third-order valence-electron chi connectivity index (χ3n) is 3.58. The standard InChI is InChI=1S/C18H21N3O2/c1-15(22)21(13-17-8-10-19-11-9-17)14-18(23)20(2)12-16-6-4-3-5-7-16/h3-11H,12-14H2,1-2H3. The predicted molar refractivity (Wildman–Crippen MR) is 88.2 cm³/mol. The lowest BCUT2D eigenvalue weighted by Crippen LogP contribution is -2.40. The third kappa shape index (κ3) is 5.21. The largest absolute Gasteiger partial charge is 0.340 e. The molecule has 0 aliphatic heterocycles. The maximum absolute atomic E-state index is 12.4. The van der Waals surface area contributed by atoms with Gasteiger partial charge in [-0.05, 0) is 23.3 Å². The topological polar surface area (TPSA) is 53.5 Å². The summed E-state index contributed by atoms with van der Waals surface area (Å²) in [5, 5.41) is 0. The van der Waals surface area contributed by atoms with E-state index in [9.17, 15) is 9.59 Å². The number of pyridine rings is 1. The number of amides is 2. The van der Waals surface area contributed by atoms with E-state index in [2.05, 4.69) is 4.98 Å². The maximum Gasteiger partial charge on any atom is 0.242 e. The number of carbonyl (C=O) groups excluding carboxylic acids is 2. The van der Waals surface area contributed by atoms with Gasteiger partial charge in [-0.3, -0.25) is 14.6 Å². The molecule has 5 nitrogen and oxygen atoms in total. The lowest BCUT2D eigenvalue weighted by Gasteiger charge is -2.24. The van der Waals surface area contributed by atoms with E-state index in [-0.39, 0.29) is 18.4 Å². The highest BCUT2D eigenvalue weighted by Gasteiger charge is 2.17. The van der Waals surface area contributed by atoms with Crippen molar-refractivity contribution in [3.8, 4) is 0 Å². The van der Waals surface area contributed by atoms with Crippen molar-refractivity contribution in [2.24, 2.45) is 0 Å². The number of likely N-dealkylation sites (N-methyl/N-ethyl adjacent to an activating group) is 1. The maximum atomic E-state index is 12.4.